The van der Waals surface area contributed by atoms with E-state index in [-0.39, 0.29) is 11.9 Å². The van der Waals surface area contributed by atoms with E-state index >= 15 is 0 Å². The lowest BCUT2D eigenvalue weighted by atomic mass is 10.0. The second-order valence-electron chi connectivity index (χ2n) is 10.3. The van der Waals surface area contributed by atoms with Crippen LogP contribution in [0.25, 0.3) is 0 Å². The first-order valence-corrected chi connectivity index (χ1v) is 16.6. The Kier molecular flexibility index (Phi) is 12.6. The zero-order valence-corrected chi connectivity index (χ0v) is 22.4. The van der Waals surface area contributed by atoms with Gasteiger partial charge in [-0.3, -0.25) is 4.79 Å². The number of hydrogen-bond donors (Lipinski definition) is 2. The summed E-state index contributed by atoms with van der Waals surface area (Å²) in [4.78, 5) is 13.0. The van der Waals surface area contributed by atoms with Crippen molar-refractivity contribution in [3.8, 4) is 0 Å². The van der Waals surface area contributed by atoms with Crippen molar-refractivity contribution in [1.82, 2.24) is 5.32 Å². The number of unbranched alkanes of at least 4 members (excludes halogenated alkanes) is 8. The predicted octanol–water partition coefficient (Wildman–Crippen LogP) is 6.89. The summed E-state index contributed by atoms with van der Waals surface area (Å²) in [5.41, 5.74) is 2.14. The van der Waals surface area contributed by atoms with Crippen LogP contribution in [-0.2, 0) is 11.2 Å². The number of carbonyl (C=O) groups is 1. The van der Waals surface area contributed by atoms with Crippen LogP contribution in [0.2, 0.25) is 19.6 Å². The molecule has 0 saturated heterocycles. The zero-order valence-electron chi connectivity index (χ0n) is 21.4. The van der Waals surface area contributed by atoms with Crippen LogP contribution in [0, 0.1) is 0 Å². The topological polar surface area (TPSA) is 54.3 Å². The molecule has 33 heavy (non-hydrogen) atoms. The van der Waals surface area contributed by atoms with Gasteiger partial charge in [-0.2, -0.15) is 0 Å². The summed E-state index contributed by atoms with van der Waals surface area (Å²) >= 11 is 0. The molecule has 184 valence electrons. The van der Waals surface area contributed by atoms with E-state index in [1.165, 1.54) is 62.3 Å². The van der Waals surface area contributed by atoms with Gasteiger partial charge in [-0.25, -0.2) is 0 Å². The highest BCUT2D eigenvalue weighted by atomic mass is 28.3. The molecule has 0 bridgehead atoms. The Labute approximate surface area is 202 Å². The Hall–Kier alpha value is -1.85. The van der Waals surface area contributed by atoms with E-state index in [9.17, 15) is 4.79 Å². The first-order valence-electron chi connectivity index (χ1n) is 13.1. The number of nitrogens with one attached hydrogen (secondary N) is 2. The van der Waals surface area contributed by atoms with Crippen molar-refractivity contribution >= 4 is 25.1 Å². The van der Waals surface area contributed by atoms with Gasteiger partial charge in [0.25, 0.3) is 0 Å². The molecular weight excluding hydrogens is 424 g/mol. The van der Waals surface area contributed by atoms with Gasteiger partial charge < -0.3 is 15.1 Å². The third-order valence-electron chi connectivity index (χ3n) is 6.17. The molecule has 1 amide bonds. The molecule has 4 nitrogen and oxygen atoms in total. The lowest BCUT2D eigenvalue weighted by Crippen LogP contribution is -2.43. The highest BCUT2D eigenvalue weighted by Crippen LogP contribution is 2.14. The molecule has 5 heteroatoms. The number of furan rings is 1. The monoisotopic (exact) mass is 470 g/mol. The van der Waals surface area contributed by atoms with E-state index in [0.717, 1.165) is 31.5 Å². The van der Waals surface area contributed by atoms with Gasteiger partial charge >= 0.3 is 0 Å². The zero-order chi connectivity index (χ0) is 23.9. The SMILES string of the molecule is CCCCCCCCCCCC(NCCc1ccoc1[Si](C)(C)C)C(=O)Nc1ccccc1. The average Bonchev–Trinajstić information content (AvgIpc) is 3.26. The van der Waals surface area contributed by atoms with Gasteiger partial charge in [-0.1, -0.05) is 103 Å². The Morgan fingerprint density at radius 2 is 1.55 bits per heavy atom. The fourth-order valence-electron chi connectivity index (χ4n) is 4.31. The molecule has 2 aromatic rings. The van der Waals surface area contributed by atoms with E-state index < -0.39 is 8.07 Å². The number of carbonyl (C=O) groups excluding carboxylic acids is 1. The van der Waals surface area contributed by atoms with Gasteiger partial charge in [-0.05, 0) is 36.6 Å². The molecule has 0 aliphatic heterocycles. The summed E-state index contributed by atoms with van der Waals surface area (Å²) in [5.74, 6) is 0.0679. The third-order valence-corrected chi connectivity index (χ3v) is 7.97. The van der Waals surface area contributed by atoms with Gasteiger partial charge in [-0.15, -0.1) is 0 Å². The maximum atomic E-state index is 13.0. The third kappa shape index (κ3) is 10.7. The van der Waals surface area contributed by atoms with Crippen LogP contribution in [0.5, 0.6) is 0 Å². The molecule has 0 radical (unpaired) electrons. The van der Waals surface area contributed by atoms with E-state index in [1.807, 2.05) is 36.6 Å². The van der Waals surface area contributed by atoms with Gasteiger partial charge in [0.2, 0.25) is 5.91 Å². The van der Waals surface area contributed by atoms with E-state index in [1.54, 1.807) is 0 Å². The van der Waals surface area contributed by atoms with Crippen LogP contribution >= 0.6 is 0 Å². The second kappa shape index (κ2) is 15.1. The minimum Gasteiger partial charge on any atom is -0.474 e. The van der Waals surface area contributed by atoms with Crippen LogP contribution in [0.3, 0.4) is 0 Å². The lowest BCUT2D eigenvalue weighted by Gasteiger charge is -2.19. The van der Waals surface area contributed by atoms with Gasteiger partial charge in [0.15, 0.2) is 0 Å². The Morgan fingerprint density at radius 1 is 0.909 bits per heavy atom. The average molecular weight is 471 g/mol. The molecule has 0 aliphatic carbocycles. The summed E-state index contributed by atoms with van der Waals surface area (Å²) < 4.78 is 5.80. The van der Waals surface area contributed by atoms with Crippen molar-refractivity contribution in [3.05, 3.63) is 48.2 Å². The van der Waals surface area contributed by atoms with Crippen LogP contribution < -0.4 is 16.0 Å². The summed E-state index contributed by atoms with van der Waals surface area (Å²) in [6.07, 6.45) is 15.2. The van der Waals surface area contributed by atoms with Crippen molar-refractivity contribution in [2.75, 3.05) is 11.9 Å². The largest absolute Gasteiger partial charge is 0.474 e. The minimum absolute atomic E-state index is 0.0679. The predicted molar refractivity (Wildman–Crippen MR) is 144 cm³/mol. The molecule has 2 rings (SSSR count). The number of benzene rings is 1. The molecular formula is C28H46N2O2Si. The maximum Gasteiger partial charge on any atom is 0.241 e. The molecule has 1 aromatic heterocycles. The lowest BCUT2D eigenvalue weighted by molar-refractivity contribution is -0.118. The van der Waals surface area contributed by atoms with Crippen molar-refractivity contribution in [3.63, 3.8) is 0 Å². The molecule has 0 fully saturated rings. The molecule has 0 spiro atoms. The highest BCUT2D eigenvalue weighted by Gasteiger charge is 2.24. The summed E-state index contributed by atoms with van der Waals surface area (Å²) in [6.45, 7) is 9.97. The molecule has 2 N–H and O–H groups in total. The minimum atomic E-state index is -1.49. The number of para-hydroxylation sites is 1. The quantitative estimate of drug-likeness (QED) is 0.196. The van der Waals surface area contributed by atoms with Crippen molar-refractivity contribution in [2.24, 2.45) is 0 Å². The Balaban J connectivity index is 1.81. The molecule has 1 unspecified atom stereocenters. The normalized spacial score (nSPS) is 12.6. The maximum absolute atomic E-state index is 13.0. The molecule has 0 aliphatic rings. The summed E-state index contributed by atoms with van der Waals surface area (Å²) in [5, 5.41) is 7.81. The van der Waals surface area contributed by atoms with Crippen LogP contribution in [0.1, 0.15) is 76.7 Å². The number of rotatable bonds is 17. The van der Waals surface area contributed by atoms with Crippen molar-refractivity contribution < 1.29 is 9.21 Å². The van der Waals surface area contributed by atoms with E-state index in [0.29, 0.717) is 0 Å². The fourth-order valence-corrected chi connectivity index (χ4v) is 5.90. The van der Waals surface area contributed by atoms with Gasteiger partial charge in [0, 0.05) is 12.2 Å². The van der Waals surface area contributed by atoms with Crippen molar-refractivity contribution in [2.45, 2.75) is 103 Å². The summed E-state index contributed by atoms with van der Waals surface area (Å²) in [7, 11) is -1.49. The smallest absolute Gasteiger partial charge is 0.241 e. The number of hydrogen-bond acceptors (Lipinski definition) is 3. The Morgan fingerprint density at radius 3 is 2.18 bits per heavy atom. The van der Waals surface area contributed by atoms with Crippen LogP contribution in [-0.4, -0.2) is 26.6 Å². The number of amides is 1. The van der Waals surface area contributed by atoms with E-state index in [2.05, 4.69) is 43.3 Å². The Bertz CT molecular complexity index is 783. The fraction of sp³-hybridized carbons (Fsp3) is 0.607. The molecule has 1 atom stereocenters. The standard InChI is InChI=1S/C28H46N2O2Si/c1-5-6-7-8-9-10-11-12-16-19-26(27(31)30-25-17-14-13-15-18-25)29-22-20-24-21-23-32-28(24)33(2,3)4/h13-15,17-18,21,23,26,29H,5-12,16,19-20,22H2,1-4H3,(H,30,31). The highest BCUT2D eigenvalue weighted by molar-refractivity contribution is 6.88. The number of anilines is 1. The van der Waals surface area contributed by atoms with Gasteiger partial charge in [0.05, 0.1) is 17.7 Å². The van der Waals surface area contributed by atoms with Crippen LogP contribution in [0.4, 0.5) is 5.69 Å². The molecule has 1 aromatic carbocycles. The van der Waals surface area contributed by atoms with E-state index in [4.69, 9.17) is 4.42 Å². The van der Waals surface area contributed by atoms with Crippen LogP contribution in [0.15, 0.2) is 47.1 Å². The molecule has 1 heterocycles. The first-order chi connectivity index (χ1) is 15.9. The molecule has 0 saturated carbocycles. The first kappa shape index (κ1) is 27.4. The van der Waals surface area contributed by atoms with Crippen molar-refractivity contribution in [1.29, 1.82) is 0 Å². The second-order valence-corrected chi connectivity index (χ2v) is 15.2. The summed E-state index contributed by atoms with van der Waals surface area (Å²) in [6, 6.07) is 11.7. The van der Waals surface area contributed by atoms with Gasteiger partial charge in [0.1, 0.15) is 8.07 Å².